The van der Waals surface area contributed by atoms with Crippen LogP contribution in [-0.2, 0) is 13.0 Å². The molecule has 3 unspecified atom stereocenters. The normalized spacial score (nSPS) is 28.1. The van der Waals surface area contributed by atoms with Crippen LogP contribution in [0.2, 0.25) is 0 Å². The van der Waals surface area contributed by atoms with E-state index in [1.54, 1.807) is 6.20 Å². The lowest BCUT2D eigenvalue weighted by Gasteiger charge is -2.58. The molecule has 4 aliphatic carbocycles. The van der Waals surface area contributed by atoms with Crippen molar-refractivity contribution in [1.82, 2.24) is 4.98 Å². The second-order valence-electron chi connectivity index (χ2n) is 11.0. The van der Waals surface area contributed by atoms with Gasteiger partial charge < -0.3 is 20.9 Å². The minimum Gasteiger partial charge on any atom is -0.489 e. The molecule has 2 aromatic carbocycles. The molecule has 0 aliphatic heterocycles. The van der Waals surface area contributed by atoms with Gasteiger partial charge in [-0.15, -0.1) is 0 Å². The molecule has 4 fully saturated rings. The number of hydrogen-bond donors (Lipinski definition) is 3. The Labute approximate surface area is 211 Å². The van der Waals surface area contributed by atoms with Gasteiger partial charge in [-0.25, -0.2) is 0 Å². The third kappa shape index (κ3) is 4.70. The van der Waals surface area contributed by atoms with Crippen LogP contribution in [0.3, 0.4) is 0 Å². The number of carbonyl (C=O) groups excluding carboxylic acids is 1. The maximum Gasteiger partial charge on any atom is 0.252 e. The lowest BCUT2D eigenvalue weighted by Crippen LogP contribution is -2.59. The van der Waals surface area contributed by atoms with Gasteiger partial charge in [-0.3, -0.25) is 9.78 Å². The number of ether oxygens (including phenoxy) is 1. The van der Waals surface area contributed by atoms with Crippen molar-refractivity contribution in [3.8, 4) is 5.75 Å². The number of benzene rings is 2. The van der Waals surface area contributed by atoms with Gasteiger partial charge in [-0.1, -0.05) is 42.5 Å². The molecule has 6 nitrogen and oxygen atoms in total. The first kappa shape index (κ1) is 23.0. The van der Waals surface area contributed by atoms with E-state index in [2.05, 4.69) is 22.4 Å². The number of amides is 1. The average molecular weight is 484 g/mol. The summed E-state index contributed by atoms with van der Waals surface area (Å²) < 4.78 is 5.90. The van der Waals surface area contributed by atoms with Crippen molar-refractivity contribution in [3.63, 3.8) is 0 Å². The fraction of sp³-hybridized carbons (Fsp3) is 0.400. The van der Waals surface area contributed by atoms with Crippen molar-refractivity contribution in [2.24, 2.45) is 23.5 Å². The van der Waals surface area contributed by atoms with E-state index >= 15 is 0 Å². The maximum absolute atomic E-state index is 12.2. The van der Waals surface area contributed by atoms with E-state index in [1.807, 2.05) is 48.5 Å². The number of pyridine rings is 1. The molecule has 1 heterocycles. The van der Waals surface area contributed by atoms with Crippen LogP contribution in [-0.4, -0.2) is 27.6 Å². The standard InChI is InChI=1S/C30H33N3O3/c31-29(34)26-17-32-24(12-19-6-8-25(9-7-19)36-18-20-4-2-1-3-5-20)13-27(26)33-28-22-10-21-11-23(28)16-30(35,14-21)15-22/h1-9,13,17,21-23,28,35H,10-12,14-16,18H2,(H2,31,34)(H,32,33)/t21?,22-,23+,28?,30?. The van der Waals surface area contributed by atoms with Gasteiger partial charge in [0.25, 0.3) is 5.91 Å². The van der Waals surface area contributed by atoms with E-state index < -0.39 is 11.5 Å². The van der Waals surface area contributed by atoms with Gasteiger partial charge in [0, 0.05) is 24.4 Å². The summed E-state index contributed by atoms with van der Waals surface area (Å²) >= 11 is 0. The molecular formula is C30H33N3O3. The SMILES string of the molecule is NC(=O)c1cnc(Cc2ccc(OCc3ccccc3)cc2)cc1NC1[C@@H]2CC3C[C@H]1CC(O)(C3)C2. The highest BCUT2D eigenvalue weighted by molar-refractivity contribution is 5.98. The lowest BCUT2D eigenvalue weighted by atomic mass is 9.52. The first-order chi connectivity index (χ1) is 17.4. The van der Waals surface area contributed by atoms with Crippen molar-refractivity contribution in [3.05, 3.63) is 89.2 Å². The van der Waals surface area contributed by atoms with Crippen LogP contribution in [0, 0.1) is 17.8 Å². The molecule has 1 aromatic heterocycles. The second-order valence-corrected chi connectivity index (χ2v) is 11.0. The monoisotopic (exact) mass is 483 g/mol. The van der Waals surface area contributed by atoms with Crippen LogP contribution in [0.15, 0.2) is 66.9 Å². The van der Waals surface area contributed by atoms with Gasteiger partial charge >= 0.3 is 0 Å². The quantitative estimate of drug-likeness (QED) is 0.431. The maximum atomic E-state index is 12.2. The van der Waals surface area contributed by atoms with Gasteiger partial charge in [0.1, 0.15) is 12.4 Å². The van der Waals surface area contributed by atoms with Gasteiger partial charge in [-0.2, -0.15) is 0 Å². The highest BCUT2D eigenvalue weighted by atomic mass is 16.5. The molecule has 4 aliphatic rings. The number of anilines is 1. The van der Waals surface area contributed by atoms with Crippen LogP contribution < -0.4 is 15.8 Å². The van der Waals surface area contributed by atoms with Crippen LogP contribution in [0.4, 0.5) is 5.69 Å². The number of primary amides is 1. The number of aromatic nitrogens is 1. The zero-order chi connectivity index (χ0) is 24.7. The second kappa shape index (κ2) is 9.25. The Kier molecular flexibility index (Phi) is 5.92. The fourth-order valence-corrected chi connectivity index (χ4v) is 6.96. The number of nitrogens with zero attached hydrogens (tertiary/aromatic N) is 1. The molecule has 4 saturated carbocycles. The number of hydrogen-bond acceptors (Lipinski definition) is 5. The third-order valence-corrected chi connectivity index (χ3v) is 8.35. The van der Waals surface area contributed by atoms with E-state index in [-0.39, 0.29) is 6.04 Å². The van der Waals surface area contributed by atoms with Crippen LogP contribution >= 0.6 is 0 Å². The van der Waals surface area contributed by atoms with Crippen molar-refractivity contribution >= 4 is 11.6 Å². The largest absolute Gasteiger partial charge is 0.489 e. The van der Waals surface area contributed by atoms with Gasteiger partial charge in [0.2, 0.25) is 0 Å². The molecule has 0 radical (unpaired) electrons. The molecule has 0 spiro atoms. The predicted molar refractivity (Wildman–Crippen MR) is 139 cm³/mol. The van der Waals surface area contributed by atoms with Crippen LogP contribution in [0.25, 0.3) is 0 Å². The Morgan fingerprint density at radius 1 is 1.03 bits per heavy atom. The van der Waals surface area contributed by atoms with E-state index in [1.165, 1.54) is 0 Å². The Balaban J connectivity index is 1.15. The average Bonchev–Trinajstić information content (AvgIpc) is 2.85. The smallest absolute Gasteiger partial charge is 0.252 e. The molecule has 3 aromatic rings. The van der Waals surface area contributed by atoms with Crippen molar-refractivity contribution in [2.75, 3.05) is 5.32 Å². The van der Waals surface area contributed by atoms with E-state index in [0.717, 1.165) is 60.4 Å². The molecule has 4 N–H and O–H groups in total. The van der Waals surface area contributed by atoms with E-state index in [4.69, 9.17) is 10.5 Å². The molecule has 4 bridgehead atoms. The van der Waals surface area contributed by atoms with Crippen molar-refractivity contribution in [1.29, 1.82) is 0 Å². The molecule has 5 atom stereocenters. The molecule has 186 valence electrons. The topological polar surface area (TPSA) is 97.5 Å². The molecule has 7 rings (SSSR count). The summed E-state index contributed by atoms with van der Waals surface area (Å²) in [5.41, 5.74) is 9.53. The summed E-state index contributed by atoms with van der Waals surface area (Å²) in [5.74, 6) is 1.85. The molecular weight excluding hydrogens is 450 g/mol. The number of aliphatic hydroxyl groups is 1. The number of nitrogens with one attached hydrogen (secondary N) is 1. The number of nitrogens with two attached hydrogens (primary N) is 1. The summed E-state index contributed by atoms with van der Waals surface area (Å²) in [7, 11) is 0. The Morgan fingerprint density at radius 2 is 1.75 bits per heavy atom. The third-order valence-electron chi connectivity index (χ3n) is 8.35. The predicted octanol–water partition coefficient (Wildman–Crippen LogP) is 4.70. The molecule has 1 amide bonds. The summed E-state index contributed by atoms with van der Waals surface area (Å²) in [4.78, 5) is 16.7. The fourth-order valence-electron chi connectivity index (χ4n) is 6.96. The summed E-state index contributed by atoms with van der Waals surface area (Å²) in [5, 5.41) is 14.6. The molecule has 0 saturated heterocycles. The number of rotatable bonds is 8. The molecule has 6 heteroatoms. The zero-order valence-corrected chi connectivity index (χ0v) is 20.4. The van der Waals surface area contributed by atoms with E-state index in [0.29, 0.717) is 36.3 Å². The van der Waals surface area contributed by atoms with Gasteiger partial charge in [-0.05, 0) is 79.2 Å². The van der Waals surface area contributed by atoms with Gasteiger partial charge in [0.05, 0.1) is 16.9 Å². The first-order valence-electron chi connectivity index (χ1n) is 13.0. The van der Waals surface area contributed by atoms with Gasteiger partial charge in [0.15, 0.2) is 0 Å². The Bertz CT molecular complexity index is 1230. The lowest BCUT2D eigenvalue weighted by molar-refractivity contribution is -0.129. The molecule has 36 heavy (non-hydrogen) atoms. The number of carbonyl (C=O) groups is 1. The van der Waals surface area contributed by atoms with Crippen LogP contribution in [0.5, 0.6) is 5.75 Å². The summed E-state index contributed by atoms with van der Waals surface area (Å²) in [6.07, 6.45) is 7.19. The first-order valence-corrected chi connectivity index (χ1v) is 13.0. The van der Waals surface area contributed by atoms with Crippen molar-refractivity contribution in [2.45, 2.75) is 56.8 Å². The Morgan fingerprint density at radius 3 is 2.42 bits per heavy atom. The van der Waals surface area contributed by atoms with E-state index in [9.17, 15) is 9.90 Å². The zero-order valence-electron chi connectivity index (χ0n) is 20.4. The highest BCUT2D eigenvalue weighted by Crippen LogP contribution is 2.56. The minimum atomic E-state index is -0.485. The highest BCUT2D eigenvalue weighted by Gasteiger charge is 2.54. The summed E-state index contributed by atoms with van der Waals surface area (Å²) in [6, 6.07) is 20.4. The van der Waals surface area contributed by atoms with Crippen molar-refractivity contribution < 1.29 is 14.6 Å². The Hall–Kier alpha value is -3.38. The van der Waals surface area contributed by atoms with Crippen LogP contribution in [0.1, 0.15) is 59.3 Å². The summed E-state index contributed by atoms with van der Waals surface area (Å²) in [6.45, 7) is 0.534. The minimum absolute atomic E-state index is 0.260.